The first-order valence-electron chi connectivity index (χ1n) is 5.41. The molecule has 0 radical (unpaired) electrons. The first-order chi connectivity index (χ1) is 9.32. The number of carbonyl (C=O) groups is 3. The molecule has 7 heteroatoms. The topological polar surface area (TPSA) is 104 Å². The van der Waals surface area contributed by atoms with E-state index in [9.17, 15) is 14.4 Å². The Hall–Kier alpha value is -2.83. The first kappa shape index (κ1) is 17.2. The Morgan fingerprint density at radius 1 is 1.00 bits per heavy atom. The van der Waals surface area contributed by atoms with Crippen LogP contribution in [-0.4, -0.2) is 47.2 Å². The van der Waals surface area contributed by atoms with Gasteiger partial charge in [0.15, 0.2) is 0 Å². The number of hydrogen-bond donors (Lipinski definition) is 2. The number of amides is 1. The Balaban J connectivity index is 0.000000396. The number of carboxylic acids is 2. The number of rotatable bonds is 3. The quantitative estimate of drug-likeness (QED) is 0.813. The molecule has 1 amide bonds. The van der Waals surface area contributed by atoms with Crippen molar-refractivity contribution in [2.45, 2.75) is 0 Å². The zero-order valence-electron chi connectivity index (χ0n) is 11.0. The second kappa shape index (κ2) is 9.15. The molecule has 0 aliphatic rings. The SMILES string of the molecule is CN(C)C(=O)Oc1ccccc1.O=C(O)/C=C\C(=O)O. The van der Waals surface area contributed by atoms with Crippen LogP contribution in [-0.2, 0) is 9.59 Å². The van der Waals surface area contributed by atoms with E-state index in [-0.39, 0.29) is 6.09 Å². The molecule has 7 nitrogen and oxygen atoms in total. The third kappa shape index (κ3) is 9.23. The van der Waals surface area contributed by atoms with E-state index in [1.54, 1.807) is 26.2 Å². The lowest BCUT2D eigenvalue weighted by Crippen LogP contribution is -2.25. The van der Waals surface area contributed by atoms with E-state index in [4.69, 9.17) is 14.9 Å². The van der Waals surface area contributed by atoms with E-state index in [0.717, 1.165) is 0 Å². The molecule has 1 aromatic carbocycles. The summed E-state index contributed by atoms with van der Waals surface area (Å²) in [5.74, 6) is -1.95. The summed E-state index contributed by atoms with van der Waals surface area (Å²) in [6, 6.07) is 8.98. The third-order valence-electron chi connectivity index (χ3n) is 1.68. The van der Waals surface area contributed by atoms with Crippen molar-refractivity contribution in [3.8, 4) is 5.75 Å². The van der Waals surface area contributed by atoms with E-state index >= 15 is 0 Å². The highest BCUT2D eigenvalue weighted by molar-refractivity contribution is 5.89. The Labute approximate surface area is 115 Å². The Bertz CT molecular complexity index is 465. The van der Waals surface area contributed by atoms with Gasteiger partial charge in [-0.15, -0.1) is 0 Å². The maximum absolute atomic E-state index is 11.0. The summed E-state index contributed by atoms with van der Waals surface area (Å²) in [5.41, 5.74) is 0. The van der Waals surface area contributed by atoms with E-state index in [2.05, 4.69) is 0 Å². The maximum atomic E-state index is 11.0. The van der Waals surface area contributed by atoms with Gasteiger partial charge in [0.1, 0.15) is 5.75 Å². The molecule has 0 aliphatic heterocycles. The minimum Gasteiger partial charge on any atom is -0.478 e. The van der Waals surface area contributed by atoms with Crippen LogP contribution >= 0.6 is 0 Å². The van der Waals surface area contributed by atoms with Gasteiger partial charge in [0, 0.05) is 26.2 Å². The van der Waals surface area contributed by atoms with Crippen LogP contribution in [0.1, 0.15) is 0 Å². The summed E-state index contributed by atoms with van der Waals surface area (Å²) >= 11 is 0. The molecule has 1 aromatic rings. The predicted octanol–water partition coefficient (Wildman–Crippen LogP) is 1.46. The van der Waals surface area contributed by atoms with Crippen molar-refractivity contribution in [1.29, 1.82) is 0 Å². The van der Waals surface area contributed by atoms with Crippen LogP contribution < -0.4 is 4.74 Å². The molecule has 0 heterocycles. The fourth-order valence-electron chi connectivity index (χ4n) is 0.823. The Morgan fingerprint density at radius 2 is 1.45 bits per heavy atom. The monoisotopic (exact) mass is 281 g/mol. The van der Waals surface area contributed by atoms with Crippen molar-refractivity contribution in [3.63, 3.8) is 0 Å². The van der Waals surface area contributed by atoms with Gasteiger partial charge < -0.3 is 19.8 Å². The van der Waals surface area contributed by atoms with E-state index in [1.807, 2.05) is 18.2 Å². The van der Waals surface area contributed by atoms with Crippen LogP contribution in [0.5, 0.6) is 5.75 Å². The van der Waals surface area contributed by atoms with Gasteiger partial charge in [-0.25, -0.2) is 14.4 Å². The second-order valence-electron chi connectivity index (χ2n) is 3.59. The van der Waals surface area contributed by atoms with Gasteiger partial charge in [0.2, 0.25) is 0 Å². The highest BCUT2D eigenvalue weighted by Gasteiger charge is 2.04. The van der Waals surface area contributed by atoms with E-state index < -0.39 is 11.9 Å². The molecule has 0 aliphatic carbocycles. The number of hydrogen-bond acceptors (Lipinski definition) is 4. The van der Waals surface area contributed by atoms with Gasteiger partial charge in [-0.2, -0.15) is 0 Å². The average Bonchev–Trinajstić information content (AvgIpc) is 2.38. The molecule has 0 atom stereocenters. The zero-order chi connectivity index (χ0) is 15.5. The number of aliphatic carboxylic acids is 2. The lowest BCUT2D eigenvalue weighted by Gasteiger charge is -2.09. The van der Waals surface area contributed by atoms with Crippen LogP contribution in [0, 0.1) is 0 Å². The van der Waals surface area contributed by atoms with Crippen molar-refractivity contribution in [2.75, 3.05) is 14.1 Å². The van der Waals surface area contributed by atoms with Crippen LogP contribution in [0.4, 0.5) is 4.79 Å². The summed E-state index contributed by atoms with van der Waals surface area (Å²) in [7, 11) is 3.29. The van der Waals surface area contributed by atoms with Crippen LogP contribution in [0.3, 0.4) is 0 Å². The second-order valence-corrected chi connectivity index (χ2v) is 3.59. The molecular weight excluding hydrogens is 266 g/mol. The van der Waals surface area contributed by atoms with Crippen molar-refractivity contribution >= 4 is 18.0 Å². The molecule has 20 heavy (non-hydrogen) atoms. The number of para-hydroxylation sites is 1. The lowest BCUT2D eigenvalue weighted by molar-refractivity contribution is -0.134. The first-order valence-corrected chi connectivity index (χ1v) is 5.41. The summed E-state index contributed by atoms with van der Waals surface area (Å²) in [6.07, 6.45) is 0.756. The minimum atomic E-state index is -1.26. The molecular formula is C13H15NO6. The number of nitrogens with zero attached hydrogens (tertiary/aromatic N) is 1. The van der Waals surface area contributed by atoms with Gasteiger partial charge in [-0.3, -0.25) is 0 Å². The standard InChI is InChI=1S/C9H11NO2.C4H4O4/c1-10(2)9(11)12-8-6-4-3-5-7-8;5-3(6)1-2-4(7)8/h3-7H,1-2H3;1-2H,(H,5,6)(H,7,8)/b;2-1-. The molecule has 0 fully saturated rings. The number of ether oxygens (including phenoxy) is 1. The molecule has 2 N–H and O–H groups in total. The van der Waals surface area contributed by atoms with Gasteiger partial charge >= 0.3 is 18.0 Å². The number of carboxylic acid groups (broad SMARTS) is 2. The highest BCUT2D eigenvalue weighted by atomic mass is 16.6. The smallest absolute Gasteiger partial charge is 0.414 e. The maximum Gasteiger partial charge on any atom is 0.414 e. The molecule has 0 bridgehead atoms. The third-order valence-corrected chi connectivity index (χ3v) is 1.68. The van der Waals surface area contributed by atoms with Crippen LogP contribution in [0.15, 0.2) is 42.5 Å². The minimum absolute atomic E-state index is 0.360. The summed E-state index contributed by atoms with van der Waals surface area (Å²) < 4.78 is 4.96. The lowest BCUT2D eigenvalue weighted by atomic mass is 10.3. The van der Waals surface area contributed by atoms with Crippen molar-refractivity contribution in [3.05, 3.63) is 42.5 Å². The molecule has 0 unspecified atom stereocenters. The fraction of sp³-hybridized carbons (Fsp3) is 0.154. The van der Waals surface area contributed by atoms with Gasteiger partial charge in [-0.05, 0) is 12.1 Å². The molecule has 108 valence electrons. The van der Waals surface area contributed by atoms with Gasteiger partial charge in [0.25, 0.3) is 0 Å². The summed E-state index contributed by atoms with van der Waals surface area (Å²) in [5, 5.41) is 15.6. The molecule has 0 aromatic heterocycles. The molecule has 0 saturated carbocycles. The molecule has 0 saturated heterocycles. The van der Waals surface area contributed by atoms with Crippen molar-refractivity contribution in [1.82, 2.24) is 4.90 Å². The van der Waals surface area contributed by atoms with Crippen LogP contribution in [0.2, 0.25) is 0 Å². The summed E-state index contributed by atoms with van der Waals surface area (Å²) in [6.45, 7) is 0. The van der Waals surface area contributed by atoms with E-state index in [1.165, 1.54) is 4.90 Å². The Morgan fingerprint density at radius 3 is 1.80 bits per heavy atom. The van der Waals surface area contributed by atoms with E-state index in [0.29, 0.717) is 17.9 Å². The predicted molar refractivity (Wildman–Crippen MR) is 70.6 cm³/mol. The van der Waals surface area contributed by atoms with Crippen molar-refractivity contribution < 1.29 is 29.3 Å². The van der Waals surface area contributed by atoms with Crippen LogP contribution in [0.25, 0.3) is 0 Å². The number of carbonyl (C=O) groups excluding carboxylic acids is 1. The Kier molecular flexibility index (Phi) is 7.85. The summed E-state index contributed by atoms with van der Waals surface area (Å²) in [4.78, 5) is 31.5. The number of benzene rings is 1. The molecule has 1 rings (SSSR count). The largest absolute Gasteiger partial charge is 0.478 e. The highest BCUT2D eigenvalue weighted by Crippen LogP contribution is 2.08. The fourth-order valence-corrected chi connectivity index (χ4v) is 0.823. The zero-order valence-corrected chi connectivity index (χ0v) is 11.0. The van der Waals surface area contributed by atoms with Gasteiger partial charge in [-0.1, -0.05) is 18.2 Å². The average molecular weight is 281 g/mol. The van der Waals surface area contributed by atoms with Crippen molar-refractivity contribution in [2.24, 2.45) is 0 Å². The molecule has 0 spiro atoms. The van der Waals surface area contributed by atoms with Gasteiger partial charge in [0.05, 0.1) is 0 Å². The normalized spacial score (nSPS) is 9.30.